The first-order valence-electron chi connectivity index (χ1n) is 7.51. The molecule has 9 heteroatoms. The monoisotopic (exact) mass is 358 g/mol. The van der Waals surface area contributed by atoms with E-state index in [2.05, 4.69) is 0 Å². The zero-order valence-corrected chi connectivity index (χ0v) is 14.9. The maximum Gasteiger partial charge on any atom is 0.355 e. The fraction of sp³-hybridized carbons (Fsp3) is 0.667. The predicted molar refractivity (Wildman–Crippen MR) is 86.6 cm³/mol. The molecule has 3 atom stereocenters. The predicted octanol–water partition coefficient (Wildman–Crippen LogP) is -0.251. The van der Waals surface area contributed by atoms with Gasteiger partial charge >= 0.3 is 11.9 Å². The second-order valence-corrected chi connectivity index (χ2v) is 7.70. The van der Waals surface area contributed by atoms with Crippen LogP contribution >= 0.6 is 11.8 Å². The highest BCUT2D eigenvalue weighted by molar-refractivity contribution is 8.00. The lowest BCUT2D eigenvalue weighted by Crippen LogP contribution is -2.69. The average Bonchev–Trinajstić information content (AvgIpc) is 2.48. The van der Waals surface area contributed by atoms with E-state index in [4.69, 9.17) is 15.2 Å². The lowest BCUT2D eigenvalue weighted by molar-refractivity contribution is -0.158. The molecule has 24 heavy (non-hydrogen) atoms. The van der Waals surface area contributed by atoms with Crippen molar-refractivity contribution < 1.29 is 29.0 Å². The summed E-state index contributed by atoms with van der Waals surface area (Å²) in [4.78, 5) is 37.3. The maximum atomic E-state index is 12.6. The van der Waals surface area contributed by atoms with Gasteiger partial charge in [-0.1, -0.05) is 0 Å². The molecule has 0 radical (unpaired) electrons. The number of hydrogen-bond acceptors (Lipinski definition) is 8. The minimum atomic E-state index is -1.01. The van der Waals surface area contributed by atoms with Crippen molar-refractivity contribution in [3.05, 3.63) is 11.3 Å². The summed E-state index contributed by atoms with van der Waals surface area (Å²) in [5.41, 5.74) is 5.38. The molecule has 8 nitrogen and oxygen atoms in total. The normalized spacial score (nSPS) is 24.9. The van der Waals surface area contributed by atoms with Gasteiger partial charge in [0.1, 0.15) is 28.8 Å². The van der Waals surface area contributed by atoms with E-state index in [9.17, 15) is 19.5 Å². The van der Waals surface area contributed by atoms with E-state index in [1.807, 2.05) is 0 Å². The Morgan fingerprint density at radius 2 is 2.08 bits per heavy atom. The second-order valence-electron chi connectivity index (χ2n) is 6.59. The number of carbonyl (C=O) groups excluding carboxylic acids is 3. The molecule has 2 rings (SSSR count). The lowest BCUT2D eigenvalue weighted by atomic mass is 10.0. The number of fused-ring (bicyclic) bond motifs is 1. The summed E-state index contributed by atoms with van der Waals surface area (Å²) in [5.74, 6) is -1.39. The number of nitrogens with two attached hydrogens (primary N) is 1. The number of β-lactam (4-membered cyclic amide) rings is 1. The molecular formula is C15H22N2O6S. The van der Waals surface area contributed by atoms with Crippen molar-refractivity contribution in [2.24, 2.45) is 5.73 Å². The quantitative estimate of drug-likeness (QED) is 0.521. The number of carbonyl (C=O) groups is 3. The molecule has 134 valence electrons. The Balaban J connectivity index is 2.44. The number of thioether (sulfide) groups is 1. The van der Waals surface area contributed by atoms with Crippen LogP contribution in [0.2, 0.25) is 0 Å². The van der Waals surface area contributed by atoms with Crippen LogP contribution in [0, 0.1) is 0 Å². The van der Waals surface area contributed by atoms with Gasteiger partial charge in [-0.05, 0) is 20.8 Å². The van der Waals surface area contributed by atoms with E-state index in [1.165, 1.54) is 23.6 Å². The summed E-state index contributed by atoms with van der Waals surface area (Å²) in [7, 11) is 0. The van der Waals surface area contributed by atoms with Gasteiger partial charge in [0, 0.05) is 18.2 Å². The largest absolute Gasteiger partial charge is 0.455 e. The Bertz CT molecular complexity index is 597. The molecule has 0 spiro atoms. The van der Waals surface area contributed by atoms with Crippen molar-refractivity contribution in [1.82, 2.24) is 4.90 Å². The van der Waals surface area contributed by atoms with Crippen LogP contribution in [0.5, 0.6) is 0 Å². The topological polar surface area (TPSA) is 119 Å². The smallest absolute Gasteiger partial charge is 0.355 e. The lowest BCUT2D eigenvalue weighted by Gasteiger charge is -2.49. The van der Waals surface area contributed by atoms with Crippen LogP contribution in [-0.4, -0.2) is 63.3 Å². The first-order chi connectivity index (χ1) is 11.1. The number of aliphatic hydroxyl groups excluding tert-OH is 1. The van der Waals surface area contributed by atoms with Gasteiger partial charge in [0.15, 0.2) is 0 Å². The van der Waals surface area contributed by atoms with Gasteiger partial charge in [0.2, 0.25) is 5.91 Å². The summed E-state index contributed by atoms with van der Waals surface area (Å²) in [6.45, 7) is 5.83. The Hall–Kier alpha value is -1.58. The number of nitrogens with zero attached hydrogens (tertiary/aromatic N) is 1. The van der Waals surface area contributed by atoms with Crippen LogP contribution in [0.1, 0.15) is 27.7 Å². The molecule has 2 heterocycles. The van der Waals surface area contributed by atoms with E-state index in [0.717, 1.165) is 0 Å². The molecule has 3 N–H and O–H groups in total. The zero-order chi connectivity index (χ0) is 18.2. The molecule has 0 bridgehead atoms. The molecule has 0 aliphatic carbocycles. The van der Waals surface area contributed by atoms with E-state index in [1.54, 1.807) is 20.8 Å². The van der Waals surface area contributed by atoms with Gasteiger partial charge in [-0.3, -0.25) is 14.5 Å². The third-order valence-electron chi connectivity index (χ3n) is 3.49. The molecule has 1 amide bonds. The van der Waals surface area contributed by atoms with Gasteiger partial charge in [0.25, 0.3) is 0 Å². The fourth-order valence-electron chi connectivity index (χ4n) is 2.52. The number of hydrogen-bond donors (Lipinski definition) is 2. The summed E-state index contributed by atoms with van der Waals surface area (Å²) in [6.07, 6.45) is -1.01. The molecular weight excluding hydrogens is 336 g/mol. The molecule has 2 aliphatic heterocycles. The Kier molecular flexibility index (Phi) is 5.26. The van der Waals surface area contributed by atoms with Crippen molar-refractivity contribution in [2.75, 3.05) is 12.4 Å². The van der Waals surface area contributed by atoms with Crippen molar-refractivity contribution >= 4 is 29.6 Å². The Morgan fingerprint density at radius 1 is 1.46 bits per heavy atom. The minimum Gasteiger partial charge on any atom is -0.455 e. The summed E-state index contributed by atoms with van der Waals surface area (Å²) in [6, 6.07) is -0.685. The summed E-state index contributed by atoms with van der Waals surface area (Å²) in [5, 5.41) is 9.19. The van der Waals surface area contributed by atoms with Gasteiger partial charge in [-0.25, -0.2) is 4.79 Å². The van der Waals surface area contributed by atoms with Crippen molar-refractivity contribution in [2.45, 2.75) is 50.8 Å². The second kappa shape index (κ2) is 6.73. The van der Waals surface area contributed by atoms with Crippen LogP contribution in [0.15, 0.2) is 11.3 Å². The third-order valence-corrected chi connectivity index (χ3v) is 4.82. The van der Waals surface area contributed by atoms with Crippen LogP contribution in [-0.2, 0) is 23.9 Å². The van der Waals surface area contributed by atoms with E-state index >= 15 is 0 Å². The first-order valence-corrected chi connectivity index (χ1v) is 8.56. The summed E-state index contributed by atoms with van der Waals surface area (Å²) >= 11 is 1.35. The molecule has 1 unspecified atom stereocenters. The molecule has 0 aromatic carbocycles. The van der Waals surface area contributed by atoms with Gasteiger partial charge in [-0.15, -0.1) is 11.8 Å². The molecule has 0 aromatic rings. The van der Waals surface area contributed by atoms with E-state index in [-0.39, 0.29) is 11.1 Å². The third kappa shape index (κ3) is 3.57. The Labute approximate surface area is 144 Å². The van der Waals surface area contributed by atoms with Crippen LogP contribution in [0.3, 0.4) is 0 Å². The highest BCUT2D eigenvalue weighted by Crippen LogP contribution is 2.41. The fourth-order valence-corrected chi connectivity index (χ4v) is 3.88. The number of amides is 1. The highest BCUT2D eigenvalue weighted by atomic mass is 32.2. The average molecular weight is 358 g/mol. The minimum absolute atomic E-state index is 0.0145. The number of esters is 2. The molecule has 1 fully saturated rings. The van der Waals surface area contributed by atoms with Gasteiger partial charge in [-0.2, -0.15) is 0 Å². The molecule has 0 aromatic heterocycles. The van der Waals surface area contributed by atoms with E-state index in [0.29, 0.717) is 11.3 Å². The molecule has 1 saturated heterocycles. The maximum absolute atomic E-state index is 12.6. The summed E-state index contributed by atoms with van der Waals surface area (Å²) < 4.78 is 10.5. The zero-order valence-electron chi connectivity index (χ0n) is 14.1. The Morgan fingerprint density at radius 3 is 2.58 bits per heavy atom. The van der Waals surface area contributed by atoms with Gasteiger partial charge in [0.05, 0.1) is 6.61 Å². The number of rotatable bonds is 4. The highest BCUT2D eigenvalue weighted by Gasteiger charge is 2.53. The van der Waals surface area contributed by atoms with Crippen LogP contribution in [0.25, 0.3) is 0 Å². The van der Waals surface area contributed by atoms with Gasteiger partial charge < -0.3 is 20.3 Å². The van der Waals surface area contributed by atoms with Crippen molar-refractivity contribution in [3.8, 4) is 0 Å². The molecule has 2 aliphatic rings. The van der Waals surface area contributed by atoms with Crippen LogP contribution < -0.4 is 5.73 Å². The van der Waals surface area contributed by atoms with Crippen LogP contribution in [0.4, 0.5) is 0 Å². The first kappa shape index (κ1) is 18.8. The molecule has 0 saturated carbocycles. The van der Waals surface area contributed by atoms with Crippen molar-refractivity contribution in [3.63, 3.8) is 0 Å². The van der Waals surface area contributed by atoms with Crippen molar-refractivity contribution in [1.29, 1.82) is 0 Å². The van der Waals surface area contributed by atoms with E-state index < -0.39 is 42.2 Å². The SMILES string of the molecule is CC(=O)OC(CO)C1=C(C(=O)OC(C)(C)C)N2C(=O)[C@H](N)[C@H]2SC1. The number of ether oxygens (including phenoxy) is 2. The number of aliphatic hydroxyl groups is 1. The standard InChI is InChI=1S/C15H22N2O6S/c1-7(19)22-9(5-18)8-6-24-13-10(16)12(20)17(13)11(8)14(21)23-15(2,3)4/h9-10,13,18H,5-6,16H2,1-4H3/t9?,10-,13+/m0/s1.